The molecule has 3 heterocycles. The highest BCUT2D eigenvalue weighted by atomic mass is 16.3. The molecular weight excluding hydrogens is 304 g/mol. The maximum atomic E-state index is 10.7. The number of rotatable bonds is 3. The zero-order valence-electron chi connectivity index (χ0n) is 12.5. The van der Waals surface area contributed by atoms with Crippen molar-refractivity contribution >= 4 is 22.7 Å². The van der Waals surface area contributed by atoms with Gasteiger partial charge in [0.25, 0.3) is 0 Å². The second-order valence-electron chi connectivity index (χ2n) is 5.24. The van der Waals surface area contributed by atoms with Crippen molar-refractivity contribution in [3.05, 3.63) is 59.8 Å². The van der Waals surface area contributed by atoms with Crippen LogP contribution in [0, 0.1) is 4.91 Å². The molecule has 0 atom stereocenters. The molecule has 4 rings (SSSR count). The Hall–Kier alpha value is -3.61. The number of fused-ring (bicyclic) bond motifs is 1. The molecular formula is C17H12N6O. The van der Waals surface area contributed by atoms with Gasteiger partial charge in [0.15, 0.2) is 0 Å². The Morgan fingerprint density at radius 1 is 1.04 bits per heavy atom. The molecule has 116 valence electrons. The lowest BCUT2D eigenvalue weighted by molar-refractivity contribution is 1.19. The molecule has 3 aromatic heterocycles. The summed E-state index contributed by atoms with van der Waals surface area (Å²) in [6.45, 7) is 0. The Bertz CT molecular complexity index is 1060. The summed E-state index contributed by atoms with van der Waals surface area (Å²) in [7, 11) is 0. The van der Waals surface area contributed by atoms with E-state index < -0.39 is 0 Å². The number of nitroso groups, excluding NO2 is 1. The molecule has 0 spiro atoms. The van der Waals surface area contributed by atoms with Crippen LogP contribution >= 0.6 is 0 Å². The third kappa shape index (κ3) is 2.38. The van der Waals surface area contributed by atoms with Gasteiger partial charge in [0.2, 0.25) is 5.95 Å². The topological polar surface area (TPSA) is 110 Å². The minimum Gasteiger partial charge on any atom is -0.368 e. The molecule has 0 bridgehead atoms. The Labute approximate surface area is 136 Å². The third-order valence-electron chi connectivity index (χ3n) is 3.72. The van der Waals surface area contributed by atoms with Crippen LogP contribution in [0.3, 0.4) is 0 Å². The van der Waals surface area contributed by atoms with Crippen LogP contribution in [-0.4, -0.2) is 19.9 Å². The first-order valence-electron chi connectivity index (χ1n) is 7.25. The molecule has 0 aliphatic carbocycles. The molecule has 0 fully saturated rings. The fraction of sp³-hybridized carbons (Fsp3) is 0. The number of nitrogens with zero attached hydrogens (tertiary/aromatic N) is 4. The van der Waals surface area contributed by atoms with Crippen molar-refractivity contribution in [1.82, 2.24) is 19.9 Å². The van der Waals surface area contributed by atoms with Crippen molar-refractivity contribution in [2.75, 3.05) is 5.73 Å². The van der Waals surface area contributed by atoms with E-state index in [1.54, 1.807) is 24.4 Å². The van der Waals surface area contributed by atoms with Gasteiger partial charge in [-0.05, 0) is 35.5 Å². The van der Waals surface area contributed by atoms with E-state index in [2.05, 4.69) is 25.1 Å². The average molecular weight is 316 g/mol. The van der Waals surface area contributed by atoms with Crippen LogP contribution in [0.15, 0.2) is 60.0 Å². The molecule has 1 aromatic carbocycles. The second-order valence-corrected chi connectivity index (χ2v) is 5.24. The van der Waals surface area contributed by atoms with Crippen LogP contribution < -0.4 is 5.73 Å². The lowest BCUT2D eigenvalue weighted by Gasteiger charge is -2.06. The Morgan fingerprint density at radius 3 is 2.79 bits per heavy atom. The highest BCUT2D eigenvalue weighted by Gasteiger charge is 2.12. The van der Waals surface area contributed by atoms with Gasteiger partial charge in [0.05, 0.1) is 11.4 Å². The van der Waals surface area contributed by atoms with Crippen molar-refractivity contribution < 1.29 is 0 Å². The van der Waals surface area contributed by atoms with Gasteiger partial charge in [0.1, 0.15) is 11.3 Å². The lowest BCUT2D eigenvalue weighted by Crippen LogP contribution is -1.98. The molecule has 0 radical (unpaired) electrons. The van der Waals surface area contributed by atoms with Crippen molar-refractivity contribution in [2.24, 2.45) is 5.18 Å². The zero-order valence-corrected chi connectivity index (χ0v) is 12.5. The summed E-state index contributed by atoms with van der Waals surface area (Å²) in [5, 5.41) is 3.90. The van der Waals surface area contributed by atoms with Gasteiger partial charge in [0, 0.05) is 28.9 Å². The molecule has 0 unspecified atom stereocenters. The number of aromatic amines is 1. The van der Waals surface area contributed by atoms with Crippen LogP contribution in [0.4, 0.5) is 11.6 Å². The summed E-state index contributed by atoms with van der Waals surface area (Å²) in [6, 6.07) is 12.5. The second kappa shape index (κ2) is 5.54. The number of nitrogen functional groups attached to an aromatic ring is 1. The molecule has 0 amide bonds. The average Bonchev–Trinajstić information content (AvgIpc) is 3.05. The predicted molar refractivity (Wildman–Crippen MR) is 92.4 cm³/mol. The van der Waals surface area contributed by atoms with Gasteiger partial charge in [-0.1, -0.05) is 12.1 Å². The fourth-order valence-corrected chi connectivity index (χ4v) is 2.64. The number of pyridine rings is 1. The number of benzene rings is 1. The van der Waals surface area contributed by atoms with Crippen molar-refractivity contribution in [3.63, 3.8) is 0 Å². The predicted octanol–water partition coefficient (Wildman–Crippen LogP) is 3.67. The molecule has 0 saturated heterocycles. The first-order chi connectivity index (χ1) is 11.7. The van der Waals surface area contributed by atoms with Crippen LogP contribution in [0.25, 0.3) is 33.5 Å². The number of aromatic nitrogens is 4. The van der Waals surface area contributed by atoms with Gasteiger partial charge in [-0.15, -0.1) is 4.91 Å². The maximum Gasteiger partial charge on any atom is 0.221 e. The SMILES string of the molecule is Nc1nc(-c2cccc(N=O)c2)cc(-c2c[nH]c3ncccc23)n1. The molecule has 3 N–H and O–H groups in total. The largest absolute Gasteiger partial charge is 0.368 e. The summed E-state index contributed by atoms with van der Waals surface area (Å²) in [5.41, 5.74) is 9.94. The van der Waals surface area contributed by atoms with Gasteiger partial charge in [-0.25, -0.2) is 15.0 Å². The first-order valence-corrected chi connectivity index (χ1v) is 7.25. The van der Waals surface area contributed by atoms with Crippen molar-refractivity contribution in [2.45, 2.75) is 0 Å². The zero-order chi connectivity index (χ0) is 16.5. The Balaban J connectivity index is 1.89. The van der Waals surface area contributed by atoms with E-state index in [1.165, 1.54) is 0 Å². The van der Waals surface area contributed by atoms with Crippen LogP contribution in [-0.2, 0) is 0 Å². The molecule has 24 heavy (non-hydrogen) atoms. The third-order valence-corrected chi connectivity index (χ3v) is 3.72. The number of anilines is 1. The van der Waals surface area contributed by atoms with Crippen LogP contribution in [0.5, 0.6) is 0 Å². The monoisotopic (exact) mass is 316 g/mol. The standard InChI is InChI=1S/C17H12N6O/c18-17-21-14(10-3-1-4-11(7-10)23-24)8-15(22-17)13-9-20-16-12(13)5-2-6-19-16/h1-9H,(H,19,20)(H2,18,21,22). The van der Waals surface area contributed by atoms with Gasteiger partial charge in [-0.2, -0.15) is 0 Å². The summed E-state index contributed by atoms with van der Waals surface area (Å²) >= 11 is 0. The molecule has 7 heteroatoms. The Kier molecular flexibility index (Phi) is 3.24. The quantitative estimate of drug-likeness (QED) is 0.560. The van der Waals surface area contributed by atoms with Crippen LogP contribution in [0.1, 0.15) is 0 Å². The van der Waals surface area contributed by atoms with E-state index in [4.69, 9.17) is 5.73 Å². The number of nitrogens with one attached hydrogen (secondary N) is 1. The molecule has 0 saturated carbocycles. The minimum absolute atomic E-state index is 0.158. The van der Waals surface area contributed by atoms with E-state index in [0.29, 0.717) is 17.1 Å². The smallest absolute Gasteiger partial charge is 0.221 e. The summed E-state index contributed by atoms with van der Waals surface area (Å²) in [4.78, 5) is 26.7. The van der Waals surface area contributed by atoms with Crippen LogP contribution in [0.2, 0.25) is 0 Å². The molecule has 0 aliphatic heterocycles. The molecule has 4 aromatic rings. The van der Waals surface area contributed by atoms with E-state index in [0.717, 1.165) is 22.2 Å². The minimum atomic E-state index is 0.158. The van der Waals surface area contributed by atoms with E-state index in [9.17, 15) is 4.91 Å². The van der Waals surface area contributed by atoms with E-state index in [-0.39, 0.29) is 5.95 Å². The molecule has 0 aliphatic rings. The van der Waals surface area contributed by atoms with Crippen molar-refractivity contribution in [1.29, 1.82) is 0 Å². The number of H-pyrrole nitrogens is 1. The normalized spacial score (nSPS) is 10.8. The first kappa shape index (κ1) is 14.0. The Morgan fingerprint density at radius 2 is 1.92 bits per heavy atom. The lowest BCUT2D eigenvalue weighted by atomic mass is 10.1. The van der Waals surface area contributed by atoms with Gasteiger partial charge >= 0.3 is 0 Å². The van der Waals surface area contributed by atoms with Crippen molar-refractivity contribution in [3.8, 4) is 22.5 Å². The van der Waals surface area contributed by atoms with E-state index in [1.807, 2.05) is 30.5 Å². The molecule has 7 nitrogen and oxygen atoms in total. The number of hydrogen-bond acceptors (Lipinski definition) is 6. The summed E-state index contributed by atoms with van der Waals surface area (Å²) < 4.78 is 0. The summed E-state index contributed by atoms with van der Waals surface area (Å²) in [5.74, 6) is 0.158. The highest BCUT2D eigenvalue weighted by molar-refractivity contribution is 5.93. The summed E-state index contributed by atoms with van der Waals surface area (Å²) in [6.07, 6.45) is 3.56. The van der Waals surface area contributed by atoms with Gasteiger partial charge in [-0.3, -0.25) is 0 Å². The maximum absolute atomic E-state index is 10.7. The van der Waals surface area contributed by atoms with Gasteiger partial charge < -0.3 is 10.7 Å². The fourth-order valence-electron chi connectivity index (χ4n) is 2.64. The van der Waals surface area contributed by atoms with E-state index >= 15 is 0 Å². The number of hydrogen-bond donors (Lipinski definition) is 2. The highest BCUT2D eigenvalue weighted by Crippen LogP contribution is 2.30. The number of nitrogens with two attached hydrogens (primary N) is 1.